The first-order chi connectivity index (χ1) is 6.15. The summed E-state index contributed by atoms with van der Waals surface area (Å²) in [4.78, 5) is 3.31. The minimum absolute atomic E-state index is 0. The summed E-state index contributed by atoms with van der Waals surface area (Å²) in [7, 11) is 1.96. The van der Waals surface area contributed by atoms with Crippen LogP contribution in [0, 0.1) is 12.3 Å². The van der Waals surface area contributed by atoms with Gasteiger partial charge in [0.15, 0.2) is 5.17 Å². The molecule has 2 nitrogen and oxygen atoms in total. The van der Waals surface area contributed by atoms with E-state index in [9.17, 15) is 0 Å². The number of aryl methyl sites for hydroxylation is 1. The zero-order chi connectivity index (χ0) is 9.84. The van der Waals surface area contributed by atoms with Gasteiger partial charge in [0.1, 0.15) is 0 Å². The molecule has 1 aromatic rings. The first-order valence-corrected chi connectivity index (χ1v) is 6.12. The van der Waals surface area contributed by atoms with E-state index in [2.05, 4.69) is 18.4 Å². The third-order valence-corrected chi connectivity index (χ3v) is 3.60. The summed E-state index contributed by atoms with van der Waals surface area (Å²) in [6, 6.07) is 2.12. The number of thioether (sulfide) groups is 1. The number of rotatable bonds is 2. The number of nitrogens with zero attached hydrogens (tertiary/aromatic N) is 1. The lowest BCUT2D eigenvalue weighted by Gasteiger charge is -2.17. The molecule has 0 saturated heterocycles. The zero-order valence-electron chi connectivity index (χ0n) is 8.53. The molecule has 0 saturated carbocycles. The van der Waals surface area contributed by atoms with Gasteiger partial charge in [0, 0.05) is 11.9 Å². The highest BCUT2D eigenvalue weighted by molar-refractivity contribution is 14.0. The molecule has 0 fully saturated rings. The molecule has 0 radical (unpaired) electrons. The van der Waals surface area contributed by atoms with E-state index in [1.807, 2.05) is 18.2 Å². The number of halogens is 1. The van der Waals surface area contributed by atoms with Crippen LogP contribution < -0.4 is 0 Å². The lowest BCUT2D eigenvalue weighted by atomic mass is 10.3. The van der Waals surface area contributed by atoms with Gasteiger partial charge in [0.05, 0.1) is 6.54 Å². The van der Waals surface area contributed by atoms with Crippen molar-refractivity contribution in [3.63, 3.8) is 0 Å². The maximum Gasteiger partial charge on any atom is 0.156 e. The SMILES string of the molecule is CSC(=N)N(C)Cc1sccc1C.I. The van der Waals surface area contributed by atoms with E-state index in [4.69, 9.17) is 5.41 Å². The van der Waals surface area contributed by atoms with Crippen molar-refractivity contribution in [2.75, 3.05) is 13.3 Å². The van der Waals surface area contributed by atoms with Crippen molar-refractivity contribution in [3.05, 3.63) is 21.9 Å². The van der Waals surface area contributed by atoms with E-state index < -0.39 is 0 Å². The summed E-state index contributed by atoms with van der Waals surface area (Å²) in [5.41, 5.74) is 1.32. The topological polar surface area (TPSA) is 27.1 Å². The molecule has 1 rings (SSSR count). The van der Waals surface area contributed by atoms with Crippen molar-refractivity contribution < 1.29 is 0 Å². The van der Waals surface area contributed by atoms with Crippen LogP contribution in [0.3, 0.4) is 0 Å². The largest absolute Gasteiger partial charge is 0.350 e. The molecule has 5 heteroatoms. The van der Waals surface area contributed by atoms with Crippen molar-refractivity contribution in [3.8, 4) is 0 Å². The van der Waals surface area contributed by atoms with Crippen molar-refractivity contribution >= 4 is 52.2 Å². The van der Waals surface area contributed by atoms with Crippen LogP contribution >= 0.6 is 47.1 Å². The summed E-state index contributed by atoms with van der Waals surface area (Å²) in [6.45, 7) is 2.96. The van der Waals surface area contributed by atoms with Crippen molar-refractivity contribution in [2.24, 2.45) is 0 Å². The molecular weight excluding hydrogens is 327 g/mol. The Hall–Kier alpha value is 0.250. The van der Waals surface area contributed by atoms with Crippen molar-refractivity contribution in [1.82, 2.24) is 4.90 Å². The Morgan fingerprint density at radius 2 is 2.29 bits per heavy atom. The van der Waals surface area contributed by atoms with E-state index in [0.29, 0.717) is 5.17 Å². The average molecular weight is 342 g/mol. The van der Waals surface area contributed by atoms with Crippen LogP contribution in [-0.2, 0) is 6.54 Å². The van der Waals surface area contributed by atoms with Gasteiger partial charge in [-0.15, -0.1) is 35.3 Å². The fraction of sp³-hybridized carbons (Fsp3) is 0.444. The third-order valence-electron chi connectivity index (χ3n) is 1.89. The van der Waals surface area contributed by atoms with E-state index in [-0.39, 0.29) is 24.0 Å². The Bertz CT molecular complexity index is 299. The van der Waals surface area contributed by atoms with Crippen LogP contribution in [0.4, 0.5) is 0 Å². The molecule has 0 aromatic carbocycles. The van der Waals surface area contributed by atoms with Gasteiger partial charge >= 0.3 is 0 Å². The van der Waals surface area contributed by atoms with Gasteiger partial charge in [-0.3, -0.25) is 5.41 Å². The second-order valence-electron chi connectivity index (χ2n) is 2.89. The summed E-state index contributed by atoms with van der Waals surface area (Å²) in [6.07, 6.45) is 1.93. The standard InChI is InChI=1S/C9H14N2S2.HI/c1-7-4-5-13-8(7)6-11(2)9(10)12-3;/h4-5,10H,6H2,1-3H3;1H. The van der Waals surface area contributed by atoms with Crippen molar-refractivity contribution in [2.45, 2.75) is 13.5 Å². The Morgan fingerprint density at radius 3 is 2.71 bits per heavy atom. The van der Waals surface area contributed by atoms with Crippen molar-refractivity contribution in [1.29, 1.82) is 5.41 Å². The molecular formula is C9H15IN2S2. The third kappa shape index (κ3) is 3.78. The molecule has 0 aliphatic rings. The molecule has 0 amide bonds. The fourth-order valence-electron chi connectivity index (χ4n) is 1.01. The Balaban J connectivity index is 0.00000169. The molecule has 0 atom stereocenters. The number of amidine groups is 1. The maximum absolute atomic E-state index is 7.61. The van der Waals surface area contributed by atoms with Crippen LogP contribution in [0.5, 0.6) is 0 Å². The number of hydrogen-bond donors (Lipinski definition) is 1. The molecule has 0 spiro atoms. The zero-order valence-corrected chi connectivity index (χ0v) is 12.5. The summed E-state index contributed by atoms with van der Waals surface area (Å²) >= 11 is 3.23. The van der Waals surface area contributed by atoms with Crippen LogP contribution in [-0.4, -0.2) is 23.4 Å². The predicted molar refractivity (Wildman–Crippen MR) is 77.2 cm³/mol. The highest BCUT2D eigenvalue weighted by Gasteiger charge is 2.06. The molecule has 0 aliphatic heterocycles. The van der Waals surface area contributed by atoms with Crippen LogP contribution in [0.2, 0.25) is 0 Å². The quantitative estimate of drug-likeness (QED) is 0.507. The number of thiophene rings is 1. The van der Waals surface area contributed by atoms with Crippen LogP contribution in [0.25, 0.3) is 0 Å². The molecule has 0 aliphatic carbocycles. The van der Waals surface area contributed by atoms with E-state index >= 15 is 0 Å². The molecule has 14 heavy (non-hydrogen) atoms. The summed E-state index contributed by atoms with van der Waals surface area (Å²) < 4.78 is 0. The Morgan fingerprint density at radius 1 is 1.64 bits per heavy atom. The minimum atomic E-state index is 0. The highest BCUT2D eigenvalue weighted by Crippen LogP contribution is 2.18. The van der Waals surface area contributed by atoms with Gasteiger partial charge in [-0.1, -0.05) is 11.8 Å². The first kappa shape index (κ1) is 14.2. The summed E-state index contributed by atoms with van der Waals surface area (Å²) in [5, 5.41) is 10.3. The second-order valence-corrected chi connectivity index (χ2v) is 4.69. The first-order valence-electron chi connectivity index (χ1n) is 4.01. The van der Waals surface area contributed by atoms with Gasteiger partial charge < -0.3 is 4.90 Å². The van der Waals surface area contributed by atoms with E-state index in [0.717, 1.165) is 6.54 Å². The maximum atomic E-state index is 7.61. The number of hydrogen-bond acceptors (Lipinski definition) is 3. The normalized spacial score (nSPS) is 9.36. The Kier molecular flexibility index (Phi) is 6.80. The van der Waals surface area contributed by atoms with Crippen LogP contribution in [0.1, 0.15) is 10.4 Å². The predicted octanol–water partition coefficient (Wildman–Crippen LogP) is 3.40. The monoisotopic (exact) mass is 342 g/mol. The lowest BCUT2D eigenvalue weighted by Crippen LogP contribution is -2.22. The van der Waals surface area contributed by atoms with Gasteiger partial charge in [-0.25, -0.2) is 0 Å². The van der Waals surface area contributed by atoms with Gasteiger partial charge in [0.25, 0.3) is 0 Å². The molecule has 1 N–H and O–H groups in total. The van der Waals surface area contributed by atoms with Crippen LogP contribution in [0.15, 0.2) is 11.4 Å². The fourth-order valence-corrected chi connectivity index (χ4v) is 2.34. The van der Waals surface area contributed by atoms with E-state index in [1.165, 1.54) is 22.2 Å². The Labute approximate surface area is 111 Å². The van der Waals surface area contributed by atoms with Gasteiger partial charge in [0.2, 0.25) is 0 Å². The van der Waals surface area contributed by atoms with Gasteiger partial charge in [-0.2, -0.15) is 0 Å². The molecule has 0 unspecified atom stereocenters. The smallest absolute Gasteiger partial charge is 0.156 e. The lowest BCUT2D eigenvalue weighted by molar-refractivity contribution is 0.512. The average Bonchev–Trinajstić information content (AvgIpc) is 2.50. The highest BCUT2D eigenvalue weighted by atomic mass is 127. The molecule has 80 valence electrons. The minimum Gasteiger partial charge on any atom is -0.350 e. The molecule has 0 bridgehead atoms. The van der Waals surface area contributed by atoms with Gasteiger partial charge in [-0.05, 0) is 30.2 Å². The number of nitrogens with one attached hydrogen (secondary N) is 1. The second kappa shape index (κ2) is 6.68. The summed E-state index contributed by atoms with van der Waals surface area (Å²) in [5.74, 6) is 0. The van der Waals surface area contributed by atoms with E-state index in [1.54, 1.807) is 11.3 Å². The molecule has 1 aromatic heterocycles. The molecule has 1 heterocycles.